The molecular weight excluding hydrogens is 316 g/mol. The average molecular weight is 336 g/mol. The zero-order chi connectivity index (χ0) is 18.2. The van der Waals surface area contributed by atoms with Crippen LogP contribution in [0.2, 0.25) is 0 Å². The molecule has 25 heavy (non-hydrogen) atoms. The maximum atomic E-state index is 13.0. The summed E-state index contributed by atoms with van der Waals surface area (Å²) in [5.41, 5.74) is 1.98. The number of methoxy groups -OCH3 is 1. The maximum Gasteiger partial charge on any atom is 0.343 e. The second-order valence-corrected chi connectivity index (χ2v) is 6.86. The fourth-order valence-electron chi connectivity index (χ4n) is 2.87. The van der Waals surface area contributed by atoms with Crippen LogP contribution in [0.25, 0.3) is 5.57 Å². The normalized spacial score (nSPS) is 13.7. The molecule has 0 bridgehead atoms. The molecule has 1 aliphatic rings. The largest absolute Gasteiger partial charge is 0.497 e. The summed E-state index contributed by atoms with van der Waals surface area (Å²) in [7, 11) is 1.54. The van der Waals surface area contributed by atoms with E-state index >= 15 is 0 Å². The smallest absolute Gasteiger partial charge is 0.343 e. The Labute approximate surface area is 147 Å². The number of carbonyl (C=O) groups is 2. The number of esters is 1. The van der Waals surface area contributed by atoms with Gasteiger partial charge in [-0.3, -0.25) is 4.79 Å². The summed E-state index contributed by atoms with van der Waals surface area (Å²) >= 11 is 0. The van der Waals surface area contributed by atoms with Gasteiger partial charge in [0.25, 0.3) is 0 Å². The van der Waals surface area contributed by atoms with Crippen LogP contribution in [-0.4, -0.2) is 24.5 Å². The third-order valence-corrected chi connectivity index (χ3v) is 3.88. The monoisotopic (exact) mass is 336 g/mol. The van der Waals surface area contributed by atoms with Crippen molar-refractivity contribution in [1.82, 2.24) is 0 Å². The van der Waals surface area contributed by atoms with Crippen molar-refractivity contribution in [3.05, 3.63) is 70.8 Å². The van der Waals surface area contributed by atoms with Gasteiger partial charge in [0.05, 0.1) is 7.11 Å². The predicted molar refractivity (Wildman–Crippen MR) is 95.6 cm³/mol. The van der Waals surface area contributed by atoms with Crippen molar-refractivity contribution in [2.75, 3.05) is 7.11 Å². The van der Waals surface area contributed by atoms with Crippen molar-refractivity contribution >= 4 is 17.3 Å². The third kappa shape index (κ3) is 3.20. The van der Waals surface area contributed by atoms with E-state index in [0.717, 1.165) is 11.1 Å². The van der Waals surface area contributed by atoms with Crippen LogP contribution in [0.1, 0.15) is 42.3 Å². The molecule has 0 unspecified atom stereocenters. The highest BCUT2D eigenvalue weighted by Gasteiger charge is 2.37. The number of Topliss-reactive ketones (excluding diaryl/α,β-unsaturated/α-hetero) is 1. The molecule has 0 aromatic heterocycles. The lowest BCUT2D eigenvalue weighted by molar-refractivity contribution is -0.149. The van der Waals surface area contributed by atoms with Crippen LogP contribution in [0.4, 0.5) is 0 Å². The first-order valence-corrected chi connectivity index (χ1v) is 8.08. The number of ether oxygens (including phenoxy) is 2. The molecule has 0 fully saturated rings. The Kier molecular flexibility index (Phi) is 4.21. The summed E-state index contributed by atoms with van der Waals surface area (Å²) in [6, 6.07) is 14.7. The number of fused-ring (bicyclic) bond motifs is 1. The molecule has 128 valence electrons. The average Bonchev–Trinajstić information content (AvgIpc) is 2.86. The Balaban J connectivity index is 2.20. The van der Waals surface area contributed by atoms with Gasteiger partial charge in [-0.25, -0.2) is 4.79 Å². The van der Waals surface area contributed by atoms with E-state index in [4.69, 9.17) is 9.47 Å². The van der Waals surface area contributed by atoms with Crippen LogP contribution in [0.3, 0.4) is 0 Å². The number of rotatable bonds is 3. The second kappa shape index (κ2) is 6.20. The number of ketones is 1. The van der Waals surface area contributed by atoms with Crippen LogP contribution in [0, 0.1) is 0 Å². The van der Waals surface area contributed by atoms with Gasteiger partial charge in [0.15, 0.2) is 0 Å². The van der Waals surface area contributed by atoms with E-state index in [1.807, 2.05) is 36.4 Å². The fourth-order valence-corrected chi connectivity index (χ4v) is 2.87. The Morgan fingerprint density at radius 3 is 2.24 bits per heavy atom. The van der Waals surface area contributed by atoms with Crippen molar-refractivity contribution in [2.45, 2.75) is 26.4 Å². The lowest BCUT2D eigenvalue weighted by Gasteiger charge is -2.20. The van der Waals surface area contributed by atoms with Crippen molar-refractivity contribution in [2.24, 2.45) is 0 Å². The van der Waals surface area contributed by atoms with Crippen LogP contribution < -0.4 is 4.74 Å². The highest BCUT2D eigenvalue weighted by Crippen LogP contribution is 2.39. The van der Waals surface area contributed by atoms with Gasteiger partial charge in [0, 0.05) is 11.1 Å². The van der Waals surface area contributed by atoms with Gasteiger partial charge < -0.3 is 9.47 Å². The van der Waals surface area contributed by atoms with E-state index in [1.54, 1.807) is 40.0 Å². The molecule has 0 atom stereocenters. The van der Waals surface area contributed by atoms with Crippen LogP contribution in [0.5, 0.6) is 5.75 Å². The highest BCUT2D eigenvalue weighted by molar-refractivity contribution is 6.35. The van der Waals surface area contributed by atoms with Crippen LogP contribution in [-0.2, 0) is 9.53 Å². The van der Waals surface area contributed by atoms with E-state index in [0.29, 0.717) is 16.9 Å². The van der Waals surface area contributed by atoms with Gasteiger partial charge in [-0.1, -0.05) is 30.3 Å². The first-order valence-electron chi connectivity index (χ1n) is 8.08. The summed E-state index contributed by atoms with van der Waals surface area (Å²) in [5.74, 6) is -0.363. The molecule has 4 nitrogen and oxygen atoms in total. The molecule has 0 aliphatic heterocycles. The SMILES string of the molecule is COc1ccc2c(c1)C(=O)C(C(=O)OC(C)(C)C)=C2c1ccccc1. The maximum absolute atomic E-state index is 13.0. The van der Waals surface area contributed by atoms with E-state index in [-0.39, 0.29) is 11.4 Å². The molecule has 3 rings (SSSR count). The summed E-state index contributed by atoms with van der Waals surface area (Å²) in [5, 5.41) is 0. The van der Waals surface area contributed by atoms with Crippen LogP contribution in [0.15, 0.2) is 54.1 Å². The minimum atomic E-state index is -0.682. The molecule has 0 saturated heterocycles. The molecule has 4 heteroatoms. The Hall–Kier alpha value is -2.88. The van der Waals surface area contributed by atoms with E-state index in [1.165, 1.54) is 0 Å². The van der Waals surface area contributed by atoms with Gasteiger partial charge in [-0.2, -0.15) is 0 Å². The Bertz CT molecular complexity index is 871. The molecule has 1 aliphatic carbocycles. The highest BCUT2D eigenvalue weighted by atomic mass is 16.6. The van der Waals surface area contributed by atoms with E-state index in [9.17, 15) is 9.59 Å². The van der Waals surface area contributed by atoms with Crippen molar-refractivity contribution in [3.8, 4) is 5.75 Å². The van der Waals surface area contributed by atoms with Crippen LogP contribution >= 0.6 is 0 Å². The lowest BCUT2D eigenvalue weighted by atomic mass is 9.97. The standard InChI is InChI=1S/C21H20O4/c1-21(2,3)25-20(23)18-17(13-8-6-5-7-9-13)15-11-10-14(24-4)12-16(15)19(18)22/h5-12H,1-4H3. The molecule has 0 spiro atoms. The Morgan fingerprint density at radius 2 is 1.64 bits per heavy atom. The molecule has 2 aromatic rings. The summed E-state index contributed by atoms with van der Waals surface area (Å²) in [6.45, 7) is 5.34. The first kappa shape index (κ1) is 17.0. The fraction of sp³-hybridized carbons (Fsp3) is 0.238. The molecule has 0 radical (unpaired) electrons. The van der Waals surface area contributed by atoms with Gasteiger partial charge >= 0.3 is 5.97 Å². The topological polar surface area (TPSA) is 52.6 Å². The predicted octanol–water partition coefficient (Wildman–Crippen LogP) is 4.04. The minimum absolute atomic E-state index is 0.0735. The zero-order valence-electron chi connectivity index (χ0n) is 14.8. The van der Waals surface area contributed by atoms with Gasteiger partial charge in [0.1, 0.15) is 16.9 Å². The van der Waals surface area contributed by atoms with E-state index in [2.05, 4.69) is 0 Å². The zero-order valence-corrected chi connectivity index (χ0v) is 14.8. The number of carbonyl (C=O) groups excluding carboxylic acids is 2. The van der Waals surface area contributed by atoms with Gasteiger partial charge in [-0.15, -0.1) is 0 Å². The summed E-state index contributed by atoms with van der Waals surface area (Å²) in [4.78, 5) is 25.7. The molecular formula is C21H20O4. The van der Waals surface area contributed by atoms with E-state index < -0.39 is 11.6 Å². The third-order valence-electron chi connectivity index (χ3n) is 3.88. The molecule has 0 N–H and O–H groups in total. The quantitative estimate of drug-likeness (QED) is 0.627. The summed E-state index contributed by atoms with van der Waals surface area (Å²) < 4.78 is 10.7. The molecule has 0 amide bonds. The lowest BCUT2D eigenvalue weighted by Crippen LogP contribution is -2.26. The molecule has 0 saturated carbocycles. The van der Waals surface area contributed by atoms with Gasteiger partial charge in [0.2, 0.25) is 5.78 Å². The summed E-state index contributed by atoms with van der Waals surface area (Å²) in [6.07, 6.45) is 0. The van der Waals surface area contributed by atoms with Crippen molar-refractivity contribution in [3.63, 3.8) is 0 Å². The second-order valence-electron chi connectivity index (χ2n) is 6.86. The molecule has 2 aromatic carbocycles. The van der Waals surface area contributed by atoms with Crippen molar-refractivity contribution < 1.29 is 19.1 Å². The Morgan fingerprint density at radius 1 is 0.960 bits per heavy atom. The number of benzene rings is 2. The van der Waals surface area contributed by atoms with Gasteiger partial charge in [-0.05, 0) is 50.1 Å². The first-order chi connectivity index (χ1) is 11.8. The van der Waals surface area contributed by atoms with Crippen molar-refractivity contribution in [1.29, 1.82) is 0 Å². The number of hydrogen-bond donors (Lipinski definition) is 0. The number of hydrogen-bond acceptors (Lipinski definition) is 4. The minimum Gasteiger partial charge on any atom is -0.497 e. The molecule has 0 heterocycles.